The van der Waals surface area contributed by atoms with Crippen molar-refractivity contribution in [2.45, 2.75) is 194 Å². The maximum Gasteiger partial charge on any atom is 0.306 e. The molecule has 0 N–H and O–H groups in total. The minimum Gasteiger partial charge on any atom is -0.462 e. The first-order valence-corrected chi connectivity index (χ1v) is 24.8. The number of carbonyl (C=O) groups is 3. The molecule has 0 saturated heterocycles. The molecule has 0 saturated carbocycles. The van der Waals surface area contributed by atoms with E-state index in [2.05, 4.69) is 99.8 Å². The zero-order valence-electron chi connectivity index (χ0n) is 40.0. The van der Waals surface area contributed by atoms with Crippen LogP contribution in [-0.2, 0) is 28.6 Å². The van der Waals surface area contributed by atoms with Crippen LogP contribution in [0.4, 0.5) is 0 Å². The minimum atomic E-state index is -0.833. The average Bonchev–Trinajstić information content (AvgIpc) is 3.28. The van der Waals surface area contributed by atoms with Gasteiger partial charge in [0.1, 0.15) is 13.2 Å². The van der Waals surface area contributed by atoms with Crippen LogP contribution in [0.25, 0.3) is 0 Å². The molecule has 0 spiro atoms. The van der Waals surface area contributed by atoms with E-state index in [4.69, 9.17) is 14.2 Å². The van der Waals surface area contributed by atoms with Crippen molar-refractivity contribution in [3.63, 3.8) is 0 Å². The fourth-order valence-electron chi connectivity index (χ4n) is 6.12. The first-order valence-electron chi connectivity index (χ1n) is 24.8. The van der Waals surface area contributed by atoms with E-state index in [1.807, 2.05) is 54.7 Å². The largest absolute Gasteiger partial charge is 0.462 e. The molecule has 63 heavy (non-hydrogen) atoms. The molecule has 0 amide bonds. The smallest absolute Gasteiger partial charge is 0.306 e. The summed E-state index contributed by atoms with van der Waals surface area (Å²) in [5.41, 5.74) is 0. The van der Waals surface area contributed by atoms with Gasteiger partial charge < -0.3 is 14.2 Å². The molecule has 0 fully saturated rings. The molecule has 0 bridgehead atoms. The van der Waals surface area contributed by atoms with Crippen LogP contribution < -0.4 is 0 Å². The molecule has 0 heterocycles. The van der Waals surface area contributed by atoms with Crippen LogP contribution in [0.3, 0.4) is 0 Å². The van der Waals surface area contributed by atoms with Crippen LogP contribution in [0.5, 0.6) is 0 Å². The predicted molar refractivity (Wildman–Crippen MR) is 269 cm³/mol. The lowest BCUT2D eigenvalue weighted by molar-refractivity contribution is -0.167. The lowest BCUT2D eigenvalue weighted by Gasteiger charge is -2.18. The summed E-state index contributed by atoms with van der Waals surface area (Å²) in [6.45, 7) is 6.23. The SMILES string of the molecule is CC/C=C/C=C/C=C/C=C/C=C/CCCCCC(=O)OC(COC(=O)CCC/C=C/C/C=C/C/C=C/CCCCCCCC)COC(=O)CCCCCCC/C=C/C=C/C=C/CC. The zero-order chi connectivity index (χ0) is 45.8. The minimum absolute atomic E-state index is 0.127. The molecular weight excluding hydrogens is 781 g/mol. The van der Waals surface area contributed by atoms with Gasteiger partial charge in [-0.3, -0.25) is 14.4 Å². The second-order valence-corrected chi connectivity index (χ2v) is 15.8. The van der Waals surface area contributed by atoms with Crippen molar-refractivity contribution in [2.24, 2.45) is 0 Å². The van der Waals surface area contributed by atoms with Crippen LogP contribution >= 0.6 is 0 Å². The third-order valence-corrected chi connectivity index (χ3v) is 9.81. The van der Waals surface area contributed by atoms with Gasteiger partial charge >= 0.3 is 17.9 Å². The van der Waals surface area contributed by atoms with Crippen molar-refractivity contribution in [1.82, 2.24) is 0 Å². The second kappa shape index (κ2) is 50.2. The summed E-state index contributed by atoms with van der Waals surface area (Å²) in [5.74, 6) is -1.05. The van der Waals surface area contributed by atoms with E-state index >= 15 is 0 Å². The number of rotatable bonds is 42. The van der Waals surface area contributed by atoms with E-state index in [0.717, 1.165) is 89.9 Å². The Hall–Kier alpha value is -4.45. The number of hydrogen-bond donors (Lipinski definition) is 0. The highest BCUT2D eigenvalue weighted by molar-refractivity contribution is 5.71. The molecule has 0 aliphatic heterocycles. The van der Waals surface area contributed by atoms with E-state index in [9.17, 15) is 14.4 Å². The summed E-state index contributed by atoms with van der Waals surface area (Å²) in [6, 6.07) is 0. The van der Waals surface area contributed by atoms with E-state index in [1.165, 1.54) is 44.9 Å². The monoisotopic (exact) mass is 869 g/mol. The molecule has 0 aromatic heterocycles. The molecule has 6 nitrogen and oxygen atoms in total. The molecule has 1 unspecified atom stereocenters. The van der Waals surface area contributed by atoms with Gasteiger partial charge in [0.2, 0.25) is 0 Å². The van der Waals surface area contributed by atoms with E-state index in [0.29, 0.717) is 19.3 Å². The second-order valence-electron chi connectivity index (χ2n) is 15.8. The van der Waals surface area contributed by atoms with Crippen LogP contribution in [0.1, 0.15) is 188 Å². The number of allylic oxidation sites excluding steroid dienone is 22. The number of esters is 3. The summed E-state index contributed by atoms with van der Waals surface area (Å²) >= 11 is 0. The van der Waals surface area contributed by atoms with Crippen LogP contribution in [0.15, 0.2) is 134 Å². The molecule has 0 aliphatic carbocycles. The number of hydrogen-bond acceptors (Lipinski definition) is 6. The van der Waals surface area contributed by atoms with Crippen molar-refractivity contribution < 1.29 is 28.6 Å². The van der Waals surface area contributed by atoms with E-state index in [-0.39, 0.29) is 44.0 Å². The molecule has 0 rings (SSSR count). The van der Waals surface area contributed by atoms with Gasteiger partial charge in [-0.25, -0.2) is 0 Å². The Balaban J connectivity index is 4.60. The highest BCUT2D eigenvalue weighted by atomic mass is 16.6. The topological polar surface area (TPSA) is 78.9 Å². The standard InChI is InChI=1S/C57H88O6/c1-4-7-10-13-16-19-22-25-27-28-30-32-35-38-41-44-47-50-56(59)62-53-54(52-61-55(58)49-46-43-40-37-34-31-24-21-18-15-12-9-6-3)63-57(60)51-48-45-42-39-36-33-29-26-23-20-17-14-11-8-5-2/h8-9,11-12,14-15,17-18,20-21,23-27,29-30,32-33,36,38,41,54H,4-7,10,13,16,19,22,28,31,34-35,37,39-40,42-53H2,1-3H3/b11-8+,12-9+,17-14+,18-15+,23-20+,24-21+,27-25+,29-26+,32-30+,36-33+,41-38+. The Labute approximate surface area is 385 Å². The van der Waals surface area contributed by atoms with Crippen LogP contribution in [-0.4, -0.2) is 37.2 Å². The Morgan fingerprint density at radius 3 is 1.19 bits per heavy atom. The third kappa shape index (κ3) is 48.4. The Bertz CT molecular complexity index is 1420. The molecule has 6 heteroatoms. The number of unbranched alkanes of at least 4 members (excludes halogenated alkanes) is 15. The highest BCUT2D eigenvalue weighted by Crippen LogP contribution is 2.12. The van der Waals surface area contributed by atoms with Gasteiger partial charge in [-0.2, -0.15) is 0 Å². The van der Waals surface area contributed by atoms with Crippen molar-refractivity contribution in [1.29, 1.82) is 0 Å². The first-order chi connectivity index (χ1) is 31.0. The average molecular weight is 869 g/mol. The lowest BCUT2D eigenvalue weighted by Crippen LogP contribution is -2.30. The quantitative estimate of drug-likeness (QED) is 0.0200. The van der Waals surface area contributed by atoms with Crippen molar-refractivity contribution in [2.75, 3.05) is 13.2 Å². The van der Waals surface area contributed by atoms with Gasteiger partial charge in [0, 0.05) is 19.3 Å². The van der Waals surface area contributed by atoms with Crippen molar-refractivity contribution >= 4 is 17.9 Å². The fraction of sp³-hybridized carbons (Fsp3) is 0.561. The molecule has 1 atom stereocenters. The van der Waals surface area contributed by atoms with Gasteiger partial charge in [0.05, 0.1) is 0 Å². The van der Waals surface area contributed by atoms with Gasteiger partial charge in [0.25, 0.3) is 0 Å². The normalized spacial score (nSPS) is 13.3. The highest BCUT2D eigenvalue weighted by Gasteiger charge is 2.19. The van der Waals surface area contributed by atoms with Gasteiger partial charge in [-0.1, -0.05) is 212 Å². The van der Waals surface area contributed by atoms with Crippen LogP contribution in [0.2, 0.25) is 0 Å². The molecule has 0 radical (unpaired) electrons. The molecular formula is C57H88O6. The molecule has 0 aromatic rings. The maximum absolute atomic E-state index is 12.8. The van der Waals surface area contributed by atoms with Crippen LogP contribution in [0, 0.1) is 0 Å². The van der Waals surface area contributed by atoms with Gasteiger partial charge in [0.15, 0.2) is 6.10 Å². The molecule has 352 valence electrons. The molecule has 0 aromatic carbocycles. The fourth-order valence-corrected chi connectivity index (χ4v) is 6.12. The summed E-state index contributed by atoms with van der Waals surface area (Å²) in [7, 11) is 0. The van der Waals surface area contributed by atoms with E-state index in [1.54, 1.807) is 0 Å². The summed E-state index contributed by atoms with van der Waals surface area (Å²) in [6.07, 6.45) is 70.1. The number of carbonyl (C=O) groups excluding carboxylic acids is 3. The summed E-state index contributed by atoms with van der Waals surface area (Å²) in [4.78, 5) is 37.9. The first kappa shape index (κ1) is 58.6. The Morgan fingerprint density at radius 1 is 0.349 bits per heavy atom. The maximum atomic E-state index is 12.8. The Morgan fingerprint density at radius 2 is 0.698 bits per heavy atom. The van der Waals surface area contributed by atoms with Gasteiger partial charge in [-0.15, -0.1) is 0 Å². The van der Waals surface area contributed by atoms with Crippen molar-refractivity contribution in [3.05, 3.63) is 134 Å². The van der Waals surface area contributed by atoms with E-state index < -0.39 is 6.10 Å². The van der Waals surface area contributed by atoms with Gasteiger partial charge in [-0.05, 0) is 89.9 Å². The Kier molecular flexibility index (Phi) is 46.7. The summed E-state index contributed by atoms with van der Waals surface area (Å²) < 4.78 is 16.7. The lowest BCUT2D eigenvalue weighted by atomic mass is 10.1. The predicted octanol–water partition coefficient (Wildman–Crippen LogP) is 16.3. The number of ether oxygens (including phenoxy) is 3. The third-order valence-electron chi connectivity index (χ3n) is 9.81. The van der Waals surface area contributed by atoms with Crippen molar-refractivity contribution in [3.8, 4) is 0 Å². The zero-order valence-corrected chi connectivity index (χ0v) is 40.0. The summed E-state index contributed by atoms with van der Waals surface area (Å²) in [5, 5.41) is 0. The molecule has 0 aliphatic rings.